The van der Waals surface area contributed by atoms with Crippen LogP contribution in [-0.4, -0.2) is 38.6 Å². The monoisotopic (exact) mass is 396 g/mol. The molecule has 0 spiro atoms. The number of hydrogen-bond acceptors (Lipinski definition) is 3. The van der Waals surface area contributed by atoms with Gasteiger partial charge in [0.15, 0.2) is 5.96 Å². The van der Waals surface area contributed by atoms with Crippen molar-refractivity contribution >= 4 is 11.9 Å². The lowest BCUT2D eigenvalue weighted by Gasteiger charge is -2.13. The van der Waals surface area contributed by atoms with Crippen molar-refractivity contribution in [2.75, 3.05) is 26.7 Å². The van der Waals surface area contributed by atoms with Gasteiger partial charge in [-0.1, -0.05) is 24.3 Å². The first-order chi connectivity index (χ1) is 14.1. The summed E-state index contributed by atoms with van der Waals surface area (Å²) in [6.07, 6.45) is 0.796. The molecule has 2 rings (SSSR count). The Balaban J connectivity index is 1.99. The molecule has 6 heteroatoms. The number of rotatable bonds is 9. The minimum Gasteiger partial charge on any atom is -0.494 e. The molecule has 0 bridgehead atoms. The molecule has 0 fully saturated rings. The van der Waals surface area contributed by atoms with Crippen molar-refractivity contribution in [3.63, 3.8) is 0 Å². The van der Waals surface area contributed by atoms with E-state index in [4.69, 9.17) is 9.73 Å². The maximum Gasteiger partial charge on any atom is 0.251 e. The van der Waals surface area contributed by atoms with Crippen molar-refractivity contribution in [1.82, 2.24) is 16.0 Å². The number of ether oxygens (including phenoxy) is 1. The molecule has 0 saturated heterocycles. The van der Waals surface area contributed by atoms with Gasteiger partial charge in [-0.25, -0.2) is 4.99 Å². The Morgan fingerprint density at radius 2 is 1.93 bits per heavy atom. The molecule has 2 aromatic rings. The third-order valence-corrected chi connectivity index (χ3v) is 4.40. The highest BCUT2D eigenvalue weighted by atomic mass is 16.5. The lowest BCUT2D eigenvalue weighted by atomic mass is 10.1. The average Bonchev–Trinajstić information content (AvgIpc) is 2.73. The van der Waals surface area contributed by atoms with E-state index in [0.29, 0.717) is 18.7 Å². The fourth-order valence-corrected chi connectivity index (χ4v) is 2.93. The molecule has 0 aliphatic heterocycles. The summed E-state index contributed by atoms with van der Waals surface area (Å²) in [5.74, 6) is 1.58. The predicted octanol–water partition coefficient (Wildman–Crippen LogP) is 3.05. The fourth-order valence-electron chi connectivity index (χ4n) is 2.93. The zero-order chi connectivity index (χ0) is 21.1. The fraction of sp³-hybridized carbons (Fsp3) is 0.391. The summed E-state index contributed by atoms with van der Waals surface area (Å²) in [7, 11) is 1.64. The third kappa shape index (κ3) is 7.14. The lowest BCUT2D eigenvalue weighted by molar-refractivity contribution is 0.0963. The van der Waals surface area contributed by atoms with Crippen LogP contribution in [0, 0.1) is 6.92 Å². The van der Waals surface area contributed by atoms with Gasteiger partial charge in [-0.2, -0.15) is 0 Å². The lowest BCUT2D eigenvalue weighted by Crippen LogP contribution is -2.38. The second-order valence-electron chi connectivity index (χ2n) is 6.70. The molecule has 1 amide bonds. The molecule has 0 heterocycles. The van der Waals surface area contributed by atoms with Crippen molar-refractivity contribution in [3.05, 3.63) is 64.7 Å². The van der Waals surface area contributed by atoms with Crippen molar-refractivity contribution < 1.29 is 9.53 Å². The summed E-state index contributed by atoms with van der Waals surface area (Å²) in [5.41, 5.74) is 4.01. The van der Waals surface area contributed by atoms with Gasteiger partial charge in [-0.15, -0.1) is 0 Å². The molecule has 156 valence electrons. The van der Waals surface area contributed by atoms with E-state index < -0.39 is 0 Å². The molecule has 29 heavy (non-hydrogen) atoms. The van der Waals surface area contributed by atoms with Gasteiger partial charge in [-0.05, 0) is 56.5 Å². The van der Waals surface area contributed by atoms with Crippen LogP contribution in [0.25, 0.3) is 0 Å². The highest BCUT2D eigenvalue weighted by Crippen LogP contribution is 2.21. The van der Waals surface area contributed by atoms with Crippen LogP contribution in [0.2, 0.25) is 0 Å². The second-order valence-corrected chi connectivity index (χ2v) is 6.70. The van der Waals surface area contributed by atoms with E-state index in [2.05, 4.69) is 35.0 Å². The van der Waals surface area contributed by atoms with Crippen molar-refractivity contribution in [3.8, 4) is 5.75 Å². The standard InChI is InChI=1S/C23H32N4O2/c1-5-25-23(27-16-20-11-10-17(3)14-21(20)29-6-2)26-13-12-18-8-7-9-19(15-18)22(28)24-4/h7-11,14-15H,5-6,12-13,16H2,1-4H3,(H,24,28)(H2,25,26,27). The Morgan fingerprint density at radius 1 is 1.10 bits per heavy atom. The minimum atomic E-state index is -0.0714. The summed E-state index contributed by atoms with van der Waals surface area (Å²) < 4.78 is 5.75. The minimum absolute atomic E-state index is 0.0714. The van der Waals surface area contributed by atoms with Crippen molar-refractivity contribution in [2.45, 2.75) is 33.7 Å². The summed E-state index contributed by atoms with van der Waals surface area (Å²) in [5, 5.41) is 9.29. The Morgan fingerprint density at radius 3 is 2.66 bits per heavy atom. The van der Waals surface area contributed by atoms with Gasteiger partial charge in [-0.3, -0.25) is 4.79 Å². The van der Waals surface area contributed by atoms with E-state index >= 15 is 0 Å². The SMILES string of the molecule is CCNC(=NCc1ccc(C)cc1OCC)NCCc1cccc(C(=O)NC)c1. The third-order valence-electron chi connectivity index (χ3n) is 4.40. The number of nitrogens with one attached hydrogen (secondary N) is 3. The average molecular weight is 397 g/mol. The van der Waals surface area contributed by atoms with Crippen LogP contribution in [0.4, 0.5) is 0 Å². The summed E-state index contributed by atoms with van der Waals surface area (Å²) in [6.45, 7) is 8.76. The van der Waals surface area contributed by atoms with Gasteiger partial charge in [0.25, 0.3) is 5.91 Å². The topological polar surface area (TPSA) is 74.8 Å². The number of carbonyl (C=O) groups is 1. The number of aliphatic imine (C=N–C) groups is 1. The molecule has 0 aliphatic carbocycles. The smallest absolute Gasteiger partial charge is 0.251 e. The number of nitrogens with zero attached hydrogens (tertiary/aromatic N) is 1. The van der Waals surface area contributed by atoms with Crippen LogP contribution in [0.5, 0.6) is 5.75 Å². The van der Waals surface area contributed by atoms with E-state index in [0.717, 1.165) is 42.3 Å². The molecular formula is C23H32N4O2. The van der Waals surface area contributed by atoms with Gasteiger partial charge in [0, 0.05) is 31.3 Å². The first-order valence-corrected chi connectivity index (χ1v) is 10.1. The molecule has 6 nitrogen and oxygen atoms in total. The maximum absolute atomic E-state index is 11.8. The number of carbonyl (C=O) groups excluding carboxylic acids is 1. The van der Waals surface area contributed by atoms with Crippen molar-refractivity contribution in [1.29, 1.82) is 0 Å². The molecule has 0 saturated carbocycles. The Bertz CT molecular complexity index is 833. The van der Waals surface area contributed by atoms with Gasteiger partial charge in [0.2, 0.25) is 0 Å². The second kappa shape index (κ2) is 11.7. The summed E-state index contributed by atoms with van der Waals surface area (Å²) >= 11 is 0. The van der Waals surface area contributed by atoms with Gasteiger partial charge < -0.3 is 20.7 Å². The molecular weight excluding hydrogens is 364 g/mol. The van der Waals surface area contributed by atoms with Crippen LogP contribution in [0.3, 0.4) is 0 Å². The number of aryl methyl sites for hydroxylation is 1. The van der Waals surface area contributed by atoms with E-state index in [1.54, 1.807) is 7.05 Å². The van der Waals surface area contributed by atoms with Crippen LogP contribution >= 0.6 is 0 Å². The first kappa shape index (κ1) is 22.3. The van der Waals surface area contributed by atoms with Gasteiger partial charge >= 0.3 is 0 Å². The van der Waals surface area contributed by atoms with Crippen LogP contribution < -0.4 is 20.7 Å². The number of benzene rings is 2. The first-order valence-electron chi connectivity index (χ1n) is 10.1. The molecule has 0 unspecified atom stereocenters. The highest BCUT2D eigenvalue weighted by Gasteiger charge is 2.06. The van der Waals surface area contributed by atoms with Crippen molar-refractivity contribution in [2.24, 2.45) is 4.99 Å². The zero-order valence-electron chi connectivity index (χ0n) is 17.8. The molecule has 0 aliphatic rings. The summed E-state index contributed by atoms with van der Waals surface area (Å²) in [6, 6.07) is 13.9. The molecule has 0 radical (unpaired) electrons. The van der Waals surface area contributed by atoms with Crippen LogP contribution in [0.15, 0.2) is 47.5 Å². The Labute approximate surface area is 173 Å². The van der Waals surface area contributed by atoms with E-state index in [9.17, 15) is 4.79 Å². The molecule has 3 N–H and O–H groups in total. The predicted molar refractivity (Wildman–Crippen MR) is 119 cm³/mol. The highest BCUT2D eigenvalue weighted by molar-refractivity contribution is 5.94. The molecule has 0 aromatic heterocycles. The van der Waals surface area contributed by atoms with Gasteiger partial charge in [0.1, 0.15) is 5.75 Å². The normalized spacial score (nSPS) is 11.1. The van der Waals surface area contributed by atoms with Crippen LogP contribution in [-0.2, 0) is 13.0 Å². The quantitative estimate of drug-likeness (QED) is 0.450. The van der Waals surface area contributed by atoms with E-state index in [-0.39, 0.29) is 5.91 Å². The Kier molecular flexibility index (Phi) is 9.02. The zero-order valence-corrected chi connectivity index (χ0v) is 17.8. The van der Waals surface area contributed by atoms with E-state index in [1.165, 1.54) is 5.56 Å². The number of amides is 1. The largest absolute Gasteiger partial charge is 0.494 e. The number of guanidine groups is 1. The maximum atomic E-state index is 11.8. The molecule has 0 atom stereocenters. The van der Waals surface area contributed by atoms with Gasteiger partial charge in [0.05, 0.1) is 13.2 Å². The number of hydrogen-bond donors (Lipinski definition) is 3. The summed E-state index contributed by atoms with van der Waals surface area (Å²) in [4.78, 5) is 16.5. The Hall–Kier alpha value is -3.02. The van der Waals surface area contributed by atoms with Crippen LogP contribution in [0.1, 0.15) is 40.9 Å². The molecule has 2 aromatic carbocycles. The van der Waals surface area contributed by atoms with E-state index in [1.807, 2.05) is 44.2 Å².